The van der Waals surface area contributed by atoms with Crippen molar-refractivity contribution in [1.29, 1.82) is 0 Å². The Morgan fingerprint density at radius 3 is 2.17 bits per heavy atom. The van der Waals surface area contributed by atoms with Crippen molar-refractivity contribution in [2.75, 3.05) is 38.1 Å². The monoisotopic (exact) mass is 479 g/mol. The molecular weight excluding hydrogens is 456 g/mol. The van der Waals surface area contributed by atoms with Crippen molar-refractivity contribution in [3.63, 3.8) is 0 Å². The molecule has 1 heterocycles. The number of nitrogens with zero attached hydrogens (tertiary/aromatic N) is 3. The summed E-state index contributed by atoms with van der Waals surface area (Å²) in [5.74, 6) is 0.653. The molecule has 0 radical (unpaired) electrons. The van der Waals surface area contributed by atoms with Crippen LogP contribution in [0.3, 0.4) is 0 Å². The van der Waals surface area contributed by atoms with Gasteiger partial charge in [0.25, 0.3) is 0 Å². The van der Waals surface area contributed by atoms with E-state index in [1.54, 1.807) is 30.5 Å². The molecule has 0 N–H and O–H groups in total. The number of benzene rings is 3. The summed E-state index contributed by atoms with van der Waals surface area (Å²) >= 11 is 0. The van der Waals surface area contributed by atoms with Crippen molar-refractivity contribution in [1.82, 2.24) is 4.98 Å². The molecule has 7 nitrogen and oxygen atoms in total. The van der Waals surface area contributed by atoms with Crippen LogP contribution in [-0.4, -0.2) is 39.3 Å². The van der Waals surface area contributed by atoms with E-state index in [2.05, 4.69) is 4.98 Å². The van der Waals surface area contributed by atoms with E-state index in [0.717, 1.165) is 0 Å². The van der Waals surface area contributed by atoms with Crippen LogP contribution in [0.4, 0.5) is 25.0 Å². The maximum atomic E-state index is 15.0. The van der Waals surface area contributed by atoms with Crippen LogP contribution in [-0.2, 0) is 0 Å². The van der Waals surface area contributed by atoms with Gasteiger partial charge in [-0.05, 0) is 48.5 Å². The van der Waals surface area contributed by atoms with Crippen LogP contribution in [0.25, 0.3) is 10.9 Å². The van der Waals surface area contributed by atoms with Gasteiger partial charge in [-0.25, -0.2) is 13.6 Å². The normalized spacial score (nSPS) is 10.7. The van der Waals surface area contributed by atoms with Crippen molar-refractivity contribution in [2.45, 2.75) is 0 Å². The van der Waals surface area contributed by atoms with Gasteiger partial charge in [0.2, 0.25) is 0 Å². The first-order valence-corrected chi connectivity index (χ1v) is 10.6. The number of aromatic nitrogens is 1. The van der Waals surface area contributed by atoms with Crippen LogP contribution < -0.4 is 24.0 Å². The highest BCUT2D eigenvalue weighted by Crippen LogP contribution is 2.37. The number of rotatable bonds is 6. The van der Waals surface area contributed by atoms with Crippen LogP contribution in [0.5, 0.6) is 23.0 Å². The van der Waals surface area contributed by atoms with E-state index < -0.39 is 17.7 Å². The summed E-state index contributed by atoms with van der Waals surface area (Å²) in [5, 5.41) is 0.655. The van der Waals surface area contributed by atoms with E-state index in [-0.39, 0.29) is 11.4 Å². The topological polar surface area (TPSA) is 64.1 Å². The number of urea groups is 1. The highest BCUT2D eigenvalue weighted by atomic mass is 19.1. The molecular formula is C26H23F2N3O4. The second kappa shape index (κ2) is 9.84. The van der Waals surface area contributed by atoms with Crippen LogP contribution in [0.15, 0.2) is 66.9 Å². The molecule has 1 aromatic heterocycles. The number of hydrogen-bond acceptors (Lipinski definition) is 5. The molecule has 3 aromatic carbocycles. The Kier molecular flexibility index (Phi) is 6.68. The summed E-state index contributed by atoms with van der Waals surface area (Å²) in [7, 11) is 6.05. The number of ether oxygens (including phenoxy) is 3. The molecule has 0 saturated carbocycles. The fourth-order valence-electron chi connectivity index (χ4n) is 3.59. The summed E-state index contributed by atoms with van der Waals surface area (Å²) in [6.07, 6.45) is 1.58. The molecule has 4 aromatic rings. The lowest BCUT2D eigenvalue weighted by Crippen LogP contribution is -2.39. The predicted molar refractivity (Wildman–Crippen MR) is 130 cm³/mol. The second-order valence-corrected chi connectivity index (χ2v) is 7.63. The lowest BCUT2D eigenvalue weighted by Gasteiger charge is -2.25. The molecule has 0 saturated heterocycles. The van der Waals surface area contributed by atoms with Gasteiger partial charge in [-0.3, -0.25) is 14.8 Å². The van der Waals surface area contributed by atoms with Gasteiger partial charge in [0.05, 0.1) is 25.4 Å². The Bertz CT molecular complexity index is 1380. The quantitative estimate of drug-likeness (QED) is 0.339. The Labute approximate surface area is 201 Å². The third-order valence-corrected chi connectivity index (χ3v) is 5.50. The molecule has 0 bridgehead atoms. The average Bonchev–Trinajstić information content (AvgIpc) is 2.87. The lowest BCUT2D eigenvalue weighted by atomic mass is 10.2. The zero-order chi connectivity index (χ0) is 25.1. The summed E-state index contributed by atoms with van der Waals surface area (Å²) < 4.78 is 44.8. The van der Waals surface area contributed by atoms with Gasteiger partial charge in [0, 0.05) is 43.5 Å². The van der Waals surface area contributed by atoms with Crippen molar-refractivity contribution in [3.05, 3.63) is 78.5 Å². The van der Waals surface area contributed by atoms with Gasteiger partial charge in [-0.15, -0.1) is 0 Å². The maximum absolute atomic E-state index is 15.0. The Morgan fingerprint density at radius 2 is 1.51 bits per heavy atom. The number of halogens is 2. The van der Waals surface area contributed by atoms with E-state index in [1.807, 2.05) is 0 Å². The highest BCUT2D eigenvalue weighted by molar-refractivity contribution is 6.02. The Balaban J connectivity index is 1.58. The number of fused-ring (bicyclic) bond motifs is 1. The van der Waals surface area contributed by atoms with Crippen molar-refractivity contribution < 1.29 is 27.8 Å². The third-order valence-electron chi connectivity index (χ3n) is 5.50. The van der Waals surface area contributed by atoms with Crippen LogP contribution in [0.2, 0.25) is 0 Å². The first-order valence-electron chi connectivity index (χ1n) is 10.6. The van der Waals surface area contributed by atoms with Gasteiger partial charge in [-0.2, -0.15) is 0 Å². The lowest BCUT2D eigenvalue weighted by molar-refractivity contribution is 0.253. The third kappa shape index (κ3) is 4.79. The van der Waals surface area contributed by atoms with E-state index in [0.29, 0.717) is 33.8 Å². The van der Waals surface area contributed by atoms with Crippen molar-refractivity contribution >= 4 is 28.3 Å². The van der Waals surface area contributed by atoms with Gasteiger partial charge >= 0.3 is 6.03 Å². The second-order valence-electron chi connectivity index (χ2n) is 7.63. The van der Waals surface area contributed by atoms with Gasteiger partial charge in [0.15, 0.2) is 17.3 Å². The minimum atomic E-state index is -0.650. The molecule has 35 heavy (non-hydrogen) atoms. The largest absolute Gasteiger partial charge is 0.493 e. The van der Waals surface area contributed by atoms with Gasteiger partial charge < -0.3 is 14.2 Å². The highest BCUT2D eigenvalue weighted by Gasteiger charge is 2.21. The van der Waals surface area contributed by atoms with E-state index in [4.69, 9.17) is 14.2 Å². The number of pyridine rings is 1. The minimum Gasteiger partial charge on any atom is -0.493 e. The van der Waals surface area contributed by atoms with Gasteiger partial charge in [-0.1, -0.05) is 0 Å². The van der Waals surface area contributed by atoms with Crippen molar-refractivity contribution in [2.24, 2.45) is 0 Å². The van der Waals surface area contributed by atoms with Crippen LogP contribution in [0.1, 0.15) is 0 Å². The minimum absolute atomic E-state index is 0.0577. The summed E-state index contributed by atoms with van der Waals surface area (Å²) in [6, 6.07) is 14.3. The maximum Gasteiger partial charge on any atom is 0.328 e. The molecule has 0 atom stereocenters. The van der Waals surface area contributed by atoms with E-state index in [9.17, 15) is 9.18 Å². The number of methoxy groups -OCH3 is 2. The SMILES string of the molecule is COc1cc2nccc(Oc3ccc(N(C)C(=O)N(C)c4ccc(F)cc4)c(F)c3)c2cc1OC. The van der Waals surface area contributed by atoms with E-state index >= 15 is 4.39 Å². The number of hydrogen-bond donors (Lipinski definition) is 0. The first kappa shape index (κ1) is 23.7. The Hall–Kier alpha value is -4.40. The standard InChI is InChI=1S/C26H23F2N3O4/c1-30(17-7-5-16(27)6-8-17)26(32)31(2)22-10-9-18(13-20(22)28)35-23-11-12-29-21-15-25(34-4)24(33-3)14-19(21)23/h5-15H,1-4H3. The zero-order valence-electron chi connectivity index (χ0n) is 19.6. The first-order chi connectivity index (χ1) is 16.8. The molecule has 0 unspecified atom stereocenters. The van der Waals surface area contributed by atoms with Crippen LogP contribution in [0, 0.1) is 11.6 Å². The predicted octanol–water partition coefficient (Wildman–Crippen LogP) is 6.02. The number of anilines is 2. The van der Waals surface area contributed by atoms with Crippen LogP contribution >= 0.6 is 0 Å². The number of carbonyl (C=O) groups excluding carboxylic acids is 1. The summed E-state index contributed by atoms with van der Waals surface area (Å²) in [6.45, 7) is 0. The zero-order valence-corrected chi connectivity index (χ0v) is 19.6. The molecule has 0 aliphatic heterocycles. The number of carbonyl (C=O) groups is 1. The van der Waals surface area contributed by atoms with Gasteiger partial charge in [0.1, 0.15) is 17.3 Å². The number of amides is 2. The average molecular weight is 479 g/mol. The Morgan fingerprint density at radius 1 is 0.829 bits per heavy atom. The molecule has 2 amide bonds. The summed E-state index contributed by atoms with van der Waals surface area (Å²) in [5.41, 5.74) is 1.15. The van der Waals surface area contributed by atoms with Crippen molar-refractivity contribution in [3.8, 4) is 23.0 Å². The molecule has 180 valence electrons. The summed E-state index contributed by atoms with van der Waals surface area (Å²) in [4.78, 5) is 19.6. The molecule has 9 heteroatoms. The molecule has 0 spiro atoms. The fourth-order valence-corrected chi connectivity index (χ4v) is 3.59. The smallest absolute Gasteiger partial charge is 0.328 e. The molecule has 0 fully saturated rings. The molecule has 4 rings (SSSR count). The molecule has 0 aliphatic rings. The molecule has 0 aliphatic carbocycles. The fraction of sp³-hybridized carbons (Fsp3) is 0.154. The van der Waals surface area contributed by atoms with E-state index in [1.165, 1.54) is 74.5 Å².